The summed E-state index contributed by atoms with van der Waals surface area (Å²) in [6.45, 7) is 0. The third-order valence-corrected chi connectivity index (χ3v) is 3.87. The molecule has 0 fully saturated rings. The Labute approximate surface area is 151 Å². The van der Waals surface area contributed by atoms with E-state index < -0.39 is 6.36 Å². The van der Waals surface area contributed by atoms with Crippen LogP contribution in [0.4, 0.5) is 24.8 Å². The van der Waals surface area contributed by atoms with Gasteiger partial charge in [-0.1, -0.05) is 6.07 Å². The van der Waals surface area contributed by atoms with Crippen LogP contribution < -0.4 is 10.1 Å². The zero-order chi connectivity index (χ0) is 19.0. The van der Waals surface area contributed by atoms with Gasteiger partial charge in [0, 0.05) is 24.5 Å². The van der Waals surface area contributed by atoms with E-state index in [0.29, 0.717) is 11.6 Å². The predicted octanol–water partition coefficient (Wildman–Crippen LogP) is 4.61. The topological polar surface area (TPSA) is 67.8 Å². The van der Waals surface area contributed by atoms with Gasteiger partial charge in [-0.05, 0) is 42.0 Å². The molecule has 0 saturated heterocycles. The monoisotopic (exact) mass is 373 g/mol. The van der Waals surface area contributed by atoms with E-state index in [9.17, 15) is 13.2 Å². The molecule has 0 unspecified atom stereocenters. The maximum atomic E-state index is 12.2. The third-order valence-electron chi connectivity index (χ3n) is 3.87. The van der Waals surface area contributed by atoms with Crippen molar-refractivity contribution >= 4 is 22.7 Å². The Kier molecular flexibility index (Phi) is 3.98. The van der Waals surface area contributed by atoms with Crippen molar-refractivity contribution in [2.45, 2.75) is 6.36 Å². The molecule has 0 radical (unpaired) electrons. The fraction of sp³-hybridized carbons (Fsp3) is 0.111. The highest BCUT2D eigenvalue weighted by molar-refractivity contribution is 5.83. The molecule has 4 rings (SSSR count). The summed E-state index contributed by atoms with van der Waals surface area (Å²) in [5, 5.41) is 7.19. The van der Waals surface area contributed by atoms with Crippen molar-refractivity contribution in [3.63, 3.8) is 0 Å². The van der Waals surface area contributed by atoms with Crippen LogP contribution in [0.1, 0.15) is 0 Å². The molecule has 27 heavy (non-hydrogen) atoms. The second kappa shape index (κ2) is 6.35. The molecule has 0 saturated carbocycles. The SMILES string of the molecule is Cn1cc(-c2ccc3nc(Nc4ccc(OC(F)(F)F)cc4)[nH]c3c2)cn1. The lowest BCUT2D eigenvalue weighted by Crippen LogP contribution is -2.16. The quantitative estimate of drug-likeness (QED) is 0.548. The average Bonchev–Trinajstić information content (AvgIpc) is 3.20. The molecule has 9 heteroatoms. The lowest BCUT2D eigenvalue weighted by Gasteiger charge is -2.09. The summed E-state index contributed by atoms with van der Waals surface area (Å²) >= 11 is 0. The third kappa shape index (κ3) is 3.86. The first-order valence-corrected chi connectivity index (χ1v) is 7.97. The maximum Gasteiger partial charge on any atom is 0.573 e. The summed E-state index contributed by atoms with van der Waals surface area (Å²) in [6, 6.07) is 11.2. The number of rotatable bonds is 4. The minimum atomic E-state index is -4.71. The minimum absolute atomic E-state index is 0.279. The highest BCUT2D eigenvalue weighted by Crippen LogP contribution is 2.27. The molecule has 0 aliphatic heterocycles. The molecule has 4 aromatic rings. The summed E-state index contributed by atoms with van der Waals surface area (Å²) < 4.78 is 42.2. The number of anilines is 2. The van der Waals surface area contributed by atoms with Gasteiger partial charge in [0.1, 0.15) is 5.75 Å². The van der Waals surface area contributed by atoms with E-state index in [1.807, 2.05) is 31.4 Å². The second-order valence-electron chi connectivity index (χ2n) is 5.92. The number of nitrogens with zero attached hydrogens (tertiary/aromatic N) is 3. The molecule has 0 bridgehead atoms. The number of hydrogen-bond acceptors (Lipinski definition) is 4. The van der Waals surface area contributed by atoms with Gasteiger partial charge in [0.05, 0.1) is 17.2 Å². The Morgan fingerprint density at radius 3 is 2.52 bits per heavy atom. The molecule has 138 valence electrons. The number of aryl methyl sites for hydroxylation is 1. The number of halogens is 3. The van der Waals surface area contributed by atoms with Gasteiger partial charge in [0.25, 0.3) is 0 Å². The number of alkyl halides is 3. The van der Waals surface area contributed by atoms with E-state index in [1.165, 1.54) is 24.3 Å². The lowest BCUT2D eigenvalue weighted by molar-refractivity contribution is -0.274. The number of aromatic nitrogens is 4. The van der Waals surface area contributed by atoms with Crippen LogP contribution >= 0.6 is 0 Å². The van der Waals surface area contributed by atoms with Crippen molar-refractivity contribution in [1.82, 2.24) is 19.7 Å². The number of H-pyrrole nitrogens is 1. The van der Waals surface area contributed by atoms with E-state index in [1.54, 1.807) is 10.9 Å². The van der Waals surface area contributed by atoms with Crippen LogP contribution in [-0.4, -0.2) is 26.1 Å². The summed E-state index contributed by atoms with van der Waals surface area (Å²) in [6.07, 6.45) is -1.01. The van der Waals surface area contributed by atoms with Crippen molar-refractivity contribution in [2.75, 3.05) is 5.32 Å². The van der Waals surface area contributed by atoms with Crippen LogP contribution in [-0.2, 0) is 7.05 Å². The van der Waals surface area contributed by atoms with Crippen LogP contribution in [0.5, 0.6) is 5.75 Å². The Hall–Kier alpha value is -3.49. The molecule has 2 aromatic carbocycles. The number of fused-ring (bicyclic) bond motifs is 1. The first-order chi connectivity index (χ1) is 12.9. The number of aromatic amines is 1. The average molecular weight is 373 g/mol. The number of ether oxygens (including phenoxy) is 1. The first-order valence-electron chi connectivity index (χ1n) is 7.97. The lowest BCUT2D eigenvalue weighted by atomic mass is 10.1. The zero-order valence-corrected chi connectivity index (χ0v) is 14.1. The van der Waals surface area contributed by atoms with Crippen LogP contribution in [0, 0.1) is 0 Å². The van der Waals surface area contributed by atoms with Gasteiger partial charge in [-0.25, -0.2) is 4.98 Å². The Morgan fingerprint density at radius 1 is 1.07 bits per heavy atom. The smallest absolute Gasteiger partial charge is 0.406 e. The van der Waals surface area contributed by atoms with E-state index >= 15 is 0 Å². The van der Waals surface area contributed by atoms with Gasteiger partial charge in [-0.3, -0.25) is 4.68 Å². The van der Waals surface area contributed by atoms with E-state index in [-0.39, 0.29) is 5.75 Å². The molecular formula is C18H14F3N5O. The highest BCUT2D eigenvalue weighted by atomic mass is 19.4. The molecular weight excluding hydrogens is 359 g/mol. The van der Waals surface area contributed by atoms with Crippen LogP contribution in [0.3, 0.4) is 0 Å². The fourth-order valence-electron chi connectivity index (χ4n) is 2.70. The number of benzene rings is 2. The summed E-state index contributed by atoms with van der Waals surface area (Å²) in [7, 11) is 1.85. The molecule has 0 aliphatic carbocycles. The van der Waals surface area contributed by atoms with Gasteiger partial charge in [0.15, 0.2) is 0 Å². The van der Waals surface area contributed by atoms with Crippen LogP contribution in [0.25, 0.3) is 22.2 Å². The van der Waals surface area contributed by atoms with Gasteiger partial charge in [-0.15, -0.1) is 13.2 Å². The predicted molar refractivity (Wildman–Crippen MR) is 94.7 cm³/mol. The normalized spacial score (nSPS) is 11.7. The molecule has 0 aliphatic rings. The van der Waals surface area contributed by atoms with Gasteiger partial charge in [-0.2, -0.15) is 5.10 Å². The Morgan fingerprint density at radius 2 is 1.85 bits per heavy atom. The molecule has 2 heterocycles. The first kappa shape index (κ1) is 17.0. The van der Waals surface area contributed by atoms with E-state index in [4.69, 9.17) is 0 Å². The van der Waals surface area contributed by atoms with Gasteiger partial charge >= 0.3 is 6.36 Å². The molecule has 0 amide bonds. The highest BCUT2D eigenvalue weighted by Gasteiger charge is 2.30. The summed E-state index contributed by atoms with van der Waals surface area (Å²) in [5.41, 5.74) is 4.16. The largest absolute Gasteiger partial charge is 0.573 e. The molecule has 6 nitrogen and oxygen atoms in total. The fourth-order valence-corrected chi connectivity index (χ4v) is 2.70. The molecule has 0 atom stereocenters. The van der Waals surface area contributed by atoms with Crippen molar-refractivity contribution in [2.24, 2.45) is 7.05 Å². The van der Waals surface area contributed by atoms with E-state index in [0.717, 1.165) is 22.2 Å². The van der Waals surface area contributed by atoms with Crippen molar-refractivity contribution in [3.05, 3.63) is 54.9 Å². The number of nitrogens with one attached hydrogen (secondary N) is 2. The zero-order valence-electron chi connectivity index (χ0n) is 14.1. The van der Waals surface area contributed by atoms with Gasteiger partial charge in [0.2, 0.25) is 5.95 Å². The Balaban J connectivity index is 1.54. The molecule has 0 spiro atoms. The number of imidazole rings is 1. The standard InChI is InChI=1S/C18H14F3N5O/c1-26-10-12(9-22-26)11-2-7-15-16(8-11)25-17(24-15)23-13-3-5-14(6-4-13)27-18(19,20)21/h2-10H,1H3,(H2,23,24,25). The van der Waals surface area contributed by atoms with Crippen LogP contribution in [0.2, 0.25) is 0 Å². The minimum Gasteiger partial charge on any atom is -0.406 e. The summed E-state index contributed by atoms with van der Waals surface area (Å²) in [5.74, 6) is 0.205. The molecule has 2 aromatic heterocycles. The van der Waals surface area contributed by atoms with E-state index in [2.05, 4.69) is 25.1 Å². The summed E-state index contributed by atoms with van der Waals surface area (Å²) in [4.78, 5) is 7.58. The number of hydrogen-bond donors (Lipinski definition) is 2. The maximum absolute atomic E-state index is 12.2. The van der Waals surface area contributed by atoms with Crippen molar-refractivity contribution in [3.8, 4) is 16.9 Å². The van der Waals surface area contributed by atoms with Crippen molar-refractivity contribution < 1.29 is 17.9 Å². The second-order valence-corrected chi connectivity index (χ2v) is 5.92. The Bertz CT molecular complexity index is 1080. The molecule has 2 N–H and O–H groups in total. The van der Waals surface area contributed by atoms with Crippen LogP contribution in [0.15, 0.2) is 54.9 Å². The van der Waals surface area contributed by atoms with Gasteiger partial charge < -0.3 is 15.0 Å². The van der Waals surface area contributed by atoms with Crippen molar-refractivity contribution in [1.29, 1.82) is 0 Å².